The van der Waals surface area contributed by atoms with Crippen LogP contribution >= 0.6 is 0 Å². The van der Waals surface area contributed by atoms with Crippen molar-refractivity contribution < 1.29 is 5.11 Å². The molecule has 0 aromatic rings. The molecule has 0 rings (SSSR count). The topological polar surface area (TPSA) is 35.5 Å². The molecular formula is C12H22N2O. The summed E-state index contributed by atoms with van der Waals surface area (Å²) in [5.41, 5.74) is 1.04. The third-order valence-corrected chi connectivity index (χ3v) is 2.15. The Bertz CT molecular complexity index is 244. The van der Waals surface area contributed by atoms with Crippen LogP contribution in [0.3, 0.4) is 0 Å². The maximum Gasteiger partial charge on any atom is 0.115 e. The summed E-state index contributed by atoms with van der Waals surface area (Å²) < 4.78 is 0. The van der Waals surface area contributed by atoms with Gasteiger partial charge in [-0.25, -0.2) is 0 Å². The number of nitrogens with zero attached hydrogens (tertiary/aromatic N) is 1. The van der Waals surface area contributed by atoms with Crippen LogP contribution in [0.5, 0.6) is 0 Å². The van der Waals surface area contributed by atoms with Crippen molar-refractivity contribution in [3.63, 3.8) is 0 Å². The minimum atomic E-state index is 0.182. The van der Waals surface area contributed by atoms with Gasteiger partial charge < -0.3 is 15.3 Å². The maximum atomic E-state index is 9.12. The summed E-state index contributed by atoms with van der Waals surface area (Å²) in [6, 6.07) is 0. The highest BCUT2D eigenvalue weighted by atomic mass is 16.3. The molecule has 0 fully saturated rings. The Kier molecular flexibility index (Phi) is 7.46. The third-order valence-electron chi connectivity index (χ3n) is 2.15. The number of hydrogen-bond acceptors (Lipinski definition) is 3. The van der Waals surface area contributed by atoms with Crippen LogP contribution in [0.15, 0.2) is 36.3 Å². The van der Waals surface area contributed by atoms with Crippen molar-refractivity contribution in [2.24, 2.45) is 0 Å². The number of nitrogens with one attached hydrogen (secondary N) is 1. The van der Waals surface area contributed by atoms with E-state index in [0.29, 0.717) is 0 Å². The second-order valence-corrected chi connectivity index (χ2v) is 3.47. The molecule has 0 aliphatic heterocycles. The van der Waals surface area contributed by atoms with Crippen LogP contribution in [-0.4, -0.2) is 36.7 Å². The highest BCUT2D eigenvalue weighted by Gasteiger charge is 1.93. The van der Waals surface area contributed by atoms with E-state index < -0.39 is 0 Å². The molecule has 0 atom stereocenters. The smallest absolute Gasteiger partial charge is 0.115 e. The van der Waals surface area contributed by atoms with Crippen molar-refractivity contribution in [2.45, 2.75) is 13.8 Å². The van der Waals surface area contributed by atoms with Gasteiger partial charge in [0.1, 0.15) is 5.76 Å². The van der Waals surface area contributed by atoms with Crippen LogP contribution in [0.4, 0.5) is 0 Å². The third kappa shape index (κ3) is 7.82. The minimum absolute atomic E-state index is 0.182. The summed E-state index contributed by atoms with van der Waals surface area (Å²) in [4.78, 5) is 2.23. The van der Waals surface area contributed by atoms with Crippen LogP contribution in [0.2, 0.25) is 0 Å². The van der Waals surface area contributed by atoms with Gasteiger partial charge in [-0.15, -0.1) is 0 Å². The molecule has 0 aromatic carbocycles. The Morgan fingerprint density at radius 1 is 1.47 bits per heavy atom. The highest BCUT2D eigenvalue weighted by Crippen LogP contribution is 1.93. The Morgan fingerprint density at radius 2 is 2.13 bits per heavy atom. The van der Waals surface area contributed by atoms with Crippen LogP contribution < -0.4 is 5.32 Å². The van der Waals surface area contributed by atoms with E-state index in [9.17, 15) is 0 Å². The molecule has 2 N–H and O–H groups in total. The molecule has 3 nitrogen and oxygen atoms in total. The van der Waals surface area contributed by atoms with Crippen LogP contribution in [0.1, 0.15) is 13.8 Å². The second-order valence-electron chi connectivity index (χ2n) is 3.47. The van der Waals surface area contributed by atoms with Crippen molar-refractivity contribution >= 4 is 0 Å². The van der Waals surface area contributed by atoms with Gasteiger partial charge in [0.05, 0.1) is 0 Å². The largest absolute Gasteiger partial charge is 0.508 e. The van der Waals surface area contributed by atoms with E-state index in [0.717, 1.165) is 25.3 Å². The van der Waals surface area contributed by atoms with Crippen molar-refractivity contribution in [3.8, 4) is 0 Å². The van der Waals surface area contributed by atoms with E-state index in [-0.39, 0.29) is 5.76 Å². The van der Waals surface area contributed by atoms with Gasteiger partial charge >= 0.3 is 0 Å². The van der Waals surface area contributed by atoms with Gasteiger partial charge in [0.25, 0.3) is 0 Å². The summed E-state index contributed by atoms with van der Waals surface area (Å²) in [6.45, 7) is 10.5. The molecule has 0 bridgehead atoms. The zero-order chi connectivity index (χ0) is 11.7. The fraction of sp³-hybridized carbons (Fsp3) is 0.500. The molecule has 0 amide bonds. The molecule has 3 heteroatoms. The molecule has 0 saturated heterocycles. The monoisotopic (exact) mass is 210 g/mol. The molecule has 0 aliphatic carbocycles. The molecule has 0 aliphatic rings. The van der Waals surface area contributed by atoms with Crippen LogP contribution in [0, 0.1) is 0 Å². The molecule has 0 radical (unpaired) electrons. The Labute approximate surface area is 92.8 Å². The summed E-state index contributed by atoms with van der Waals surface area (Å²) >= 11 is 0. The number of rotatable bonds is 7. The lowest BCUT2D eigenvalue weighted by atomic mass is 10.3. The Morgan fingerprint density at radius 3 is 2.67 bits per heavy atom. The number of hydrogen-bond donors (Lipinski definition) is 2. The molecule has 0 spiro atoms. The van der Waals surface area contributed by atoms with Gasteiger partial charge in [-0.1, -0.05) is 13.5 Å². The minimum Gasteiger partial charge on any atom is -0.508 e. The fourth-order valence-electron chi connectivity index (χ4n) is 0.939. The Balaban J connectivity index is 3.83. The number of likely N-dealkylation sites (N-methyl/N-ethyl adjacent to an activating group) is 1. The first-order chi connectivity index (χ1) is 7.10. The molecule has 0 heterocycles. The van der Waals surface area contributed by atoms with E-state index in [1.165, 1.54) is 6.08 Å². The van der Waals surface area contributed by atoms with E-state index in [2.05, 4.69) is 30.8 Å². The average molecular weight is 210 g/mol. The number of aliphatic hydroxyl groups excluding tert-OH is 1. The zero-order valence-corrected chi connectivity index (χ0v) is 9.95. The van der Waals surface area contributed by atoms with Gasteiger partial charge in [0.15, 0.2) is 0 Å². The van der Waals surface area contributed by atoms with Crippen molar-refractivity contribution in [1.82, 2.24) is 10.2 Å². The molecule has 86 valence electrons. The van der Waals surface area contributed by atoms with E-state index in [4.69, 9.17) is 5.11 Å². The molecule has 0 unspecified atom stereocenters. The summed E-state index contributed by atoms with van der Waals surface area (Å²) in [5.74, 6) is 0.182. The SMILES string of the molecule is C=C/C(O)=C\C=C(/C)NCCN(C)CC. The lowest BCUT2D eigenvalue weighted by Gasteiger charge is -2.14. The van der Waals surface area contributed by atoms with Crippen molar-refractivity contribution in [2.75, 3.05) is 26.7 Å². The quantitative estimate of drug-likeness (QED) is 0.499. The first-order valence-electron chi connectivity index (χ1n) is 5.22. The number of allylic oxidation sites excluding steroid dienone is 4. The lowest BCUT2D eigenvalue weighted by Crippen LogP contribution is -2.28. The fourth-order valence-corrected chi connectivity index (χ4v) is 0.939. The molecule has 15 heavy (non-hydrogen) atoms. The summed E-state index contributed by atoms with van der Waals surface area (Å²) in [5, 5.41) is 12.4. The predicted octanol–water partition coefficient (Wildman–Crippen LogP) is 2.06. The average Bonchev–Trinajstić information content (AvgIpc) is 2.25. The van der Waals surface area contributed by atoms with Crippen LogP contribution in [-0.2, 0) is 0 Å². The first kappa shape index (κ1) is 13.8. The highest BCUT2D eigenvalue weighted by molar-refractivity contribution is 5.17. The molecule has 0 aromatic heterocycles. The van der Waals surface area contributed by atoms with Gasteiger partial charge in [0, 0.05) is 18.8 Å². The zero-order valence-electron chi connectivity index (χ0n) is 9.95. The van der Waals surface area contributed by atoms with E-state index in [1.54, 1.807) is 6.08 Å². The van der Waals surface area contributed by atoms with Crippen molar-refractivity contribution in [3.05, 3.63) is 36.3 Å². The first-order valence-corrected chi connectivity index (χ1v) is 5.22. The van der Waals surface area contributed by atoms with Gasteiger partial charge in [0.2, 0.25) is 0 Å². The summed E-state index contributed by atoms with van der Waals surface area (Å²) in [6.07, 6.45) is 4.87. The predicted molar refractivity (Wildman–Crippen MR) is 65.8 cm³/mol. The van der Waals surface area contributed by atoms with Crippen molar-refractivity contribution in [1.29, 1.82) is 0 Å². The van der Waals surface area contributed by atoms with Gasteiger partial charge in [-0.3, -0.25) is 0 Å². The van der Waals surface area contributed by atoms with E-state index >= 15 is 0 Å². The molecular weight excluding hydrogens is 188 g/mol. The normalized spacial score (nSPS) is 13.1. The Hall–Kier alpha value is -1.22. The lowest BCUT2D eigenvalue weighted by molar-refractivity contribution is 0.354. The van der Waals surface area contributed by atoms with Gasteiger partial charge in [-0.2, -0.15) is 0 Å². The standard InChI is InChI=1S/C12H22N2O/c1-5-12(15)8-7-11(3)13-9-10-14(4)6-2/h5,7-8,13,15H,1,6,9-10H2,2-4H3/b11-7+,12-8+. The number of aliphatic hydroxyl groups is 1. The van der Waals surface area contributed by atoms with Crippen LogP contribution in [0.25, 0.3) is 0 Å². The van der Waals surface area contributed by atoms with Gasteiger partial charge in [-0.05, 0) is 38.7 Å². The second kappa shape index (κ2) is 8.12. The maximum absolute atomic E-state index is 9.12. The summed E-state index contributed by atoms with van der Waals surface area (Å²) in [7, 11) is 2.09. The van der Waals surface area contributed by atoms with E-state index in [1.807, 2.05) is 13.0 Å². The molecule has 0 saturated carbocycles.